The van der Waals surface area contributed by atoms with Gasteiger partial charge in [0.25, 0.3) is 0 Å². The van der Waals surface area contributed by atoms with Gasteiger partial charge in [0.15, 0.2) is 12.2 Å². The first-order chi connectivity index (χ1) is 44.2. The largest absolute Gasteiger partial charge is 0.472 e. The number of hydrogen-bond donors (Lipinski definition) is 3. The number of carbonyl (C=O) groups excluding carboxylic acids is 4. The topological polar surface area (TPSA) is 237 Å². The molecule has 0 aliphatic heterocycles. The molecule has 0 radical (unpaired) electrons. The van der Waals surface area contributed by atoms with E-state index in [1.165, 1.54) is 161 Å². The van der Waals surface area contributed by atoms with Gasteiger partial charge in [-0.25, -0.2) is 9.13 Å². The van der Waals surface area contributed by atoms with Gasteiger partial charge >= 0.3 is 39.5 Å². The number of aliphatic hydroxyl groups is 1. The van der Waals surface area contributed by atoms with Gasteiger partial charge in [0.2, 0.25) is 0 Å². The van der Waals surface area contributed by atoms with E-state index in [2.05, 4.69) is 55.4 Å². The lowest BCUT2D eigenvalue weighted by molar-refractivity contribution is -0.161. The van der Waals surface area contributed by atoms with Crippen molar-refractivity contribution in [1.82, 2.24) is 0 Å². The van der Waals surface area contributed by atoms with E-state index >= 15 is 0 Å². The van der Waals surface area contributed by atoms with Crippen molar-refractivity contribution in [3.63, 3.8) is 0 Å². The van der Waals surface area contributed by atoms with Crippen LogP contribution in [-0.4, -0.2) is 96.7 Å². The number of hydrogen-bond acceptors (Lipinski definition) is 15. The van der Waals surface area contributed by atoms with Crippen molar-refractivity contribution >= 4 is 39.5 Å². The molecule has 17 nitrogen and oxygen atoms in total. The molecule has 0 aromatic carbocycles. The minimum Gasteiger partial charge on any atom is -0.462 e. The maximum Gasteiger partial charge on any atom is 0.472 e. The minimum atomic E-state index is -4.96. The Balaban J connectivity index is 5.26. The fourth-order valence-corrected chi connectivity index (χ4v) is 12.5. The standard InChI is InChI=1S/C73H142O17P2/c1-9-65(7)51-43-35-27-23-24-30-40-48-56-73(78)90-69(60-84-71(76)54-46-38-32-31-36-44-52-66(8)10-2)62-88-92(81,82)86-58-67(74)57-85-91(79,80)87-61-68(59-83-70(75)53-45-37-28-21-18-17-20-26-34-42-50-64(5)6)89-72(77)55-47-39-29-22-16-14-12-11-13-15-19-25-33-41-49-63(3)4/h63-69,74H,9-62H2,1-8H3,(H,79,80)(H,81,82)/t65?,66?,67-,68-,69-/m1/s1. The van der Waals surface area contributed by atoms with Gasteiger partial charge in [0.1, 0.15) is 19.3 Å². The van der Waals surface area contributed by atoms with Crippen LogP contribution in [0.15, 0.2) is 0 Å². The number of aliphatic hydroxyl groups excluding tert-OH is 1. The first-order valence-corrected chi connectivity index (χ1v) is 40.8. The lowest BCUT2D eigenvalue weighted by Gasteiger charge is -2.21. The van der Waals surface area contributed by atoms with E-state index in [1.54, 1.807) is 0 Å². The summed E-state index contributed by atoms with van der Waals surface area (Å²) in [7, 11) is -9.91. The molecule has 0 spiro atoms. The lowest BCUT2D eigenvalue weighted by atomic mass is 9.99. The number of phosphoric acid groups is 2. The molecular weight excluding hydrogens is 1210 g/mol. The van der Waals surface area contributed by atoms with Crippen LogP contribution in [0.25, 0.3) is 0 Å². The molecule has 0 aromatic heterocycles. The average molecular weight is 1350 g/mol. The van der Waals surface area contributed by atoms with E-state index in [1.807, 2.05) is 0 Å². The monoisotopic (exact) mass is 1350 g/mol. The fraction of sp³-hybridized carbons (Fsp3) is 0.945. The van der Waals surface area contributed by atoms with E-state index in [-0.39, 0.29) is 25.7 Å². The highest BCUT2D eigenvalue weighted by Crippen LogP contribution is 2.45. The number of phosphoric ester groups is 2. The molecule has 546 valence electrons. The van der Waals surface area contributed by atoms with Crippen LogP contribution < -0.4 is 0 Å². The minimum absolute atomic E-state index is 0.104. The second-order valence-electron chi connectivity index (χ2n) is 27.8. The first-order valence-electron chi connectivity index (χ1n) is 37.8. The van der Waals surface area contributed by atoms with Crippen molar-refractivity contribution in [2.75, 3.05) is 39.6 Å². The van der Waals surface area contributed by atoms with E-state index in [9.17, 15) is 43.2 Å². The summed E-state index contributed by atoms with van der Waals surface area (Å²) in [6.07, 6.45) is 45.8. The second kappa shape index (κ2) is 62.6. The summed E-state index contributed by atoms with van der Waals surface area (Å²) in [6, 6.07) is 0. The Morgan fingerprint density at radius 2 is 0.522 bits per heavy atom. The molecule has 92 heavy (non-hydrogen) atoms. The summed E-state index contributed by atoms with van der Waals surface area (Å²) in [4.78, 5) is 72.7. The molecule has 0 aliphatic rings. The van der Waals surface area contributed by atoms with Gasteiger partial charge in [0.05, 0.1) is 26.4 Å². The summed E-state index contributed by atoms with van der Waals surface area (Å²) in [5.74, 6) is 0.927. The zero-order valence-corrected chi connectivity index (χ0v) is 62.0. The molecule has 0 aromatic rings. The molecule has 0 saturated carbocycles. The molecule has 3 N–H and O–H groups in total. The van der Waals surface area contributed by atoms with Crippen molar-refractivity contribution in [2.24, 2.45) is 23.7 Å². The van der Waals surface area contributed by atoms with E-state index in [0.717, 1.165) is 120 Å². The molecule has 0 saturated heterocycles. The normalized spacial score (nSPS) is 14.8. The van der Waals surface area contributed by atoms with Crippen LogP contribution in [0.2, 0.25) is 0 Å². The maximum absolute atomic E-state index is 13.1. The van der Waals surface area contributed by atoms with Gasteiger partial charge < -0.3 is 33.8 Å². The van der Waals surface area contributed by atoms with Crippen molar-refractivity contribution in [3.05, 3.63) is 0 Å². The van der Waals surface area contributed by atoms with Crippen LogP contribution >= 0.6 is 15.6 Å². The van der Waals surface area contributed by atoms with E-state index in [4.69, 9.17) is 37.0 Å². The summed E-state index contributed by atoms with van der Waals surface area (Å²) in [5, 5.41) is 10.6. The highest BCUT2D eigenvalue weighted by Gasteiger charge is 2.30. The molecule has 0 fully saturated rings. The number of ether oxygens (including phenoxy) is 4. The Morgan fingerprint density at radius 3 is 0.772 bits per heavy atom. The molecule has 0 rings (SSSR count). The Labute approximate surface area is 562 Å². The van der Waals surface area contributed by atoms with Crippen LogP contribution in [0.1, 0.15) is 364 Å². The predicted octanol–water partition coefficient (Wildman–Crippen LogP) is 20.9. The number of esters is 4. The SMILES string of the molecule is CCC(C)CCCCCCCCCCC(=O)O[C@H](COC(=O)CCCCCCCCC(C)CC)COP(=O)(O)OC[C@H](O)COP(=O)(O)OC[C@@H](COC(=O)CCCCCCCCCCCCC(C)C)OC(=O)CCCCCCCCCCCCCCCCC(C)C. The zero-order valence-electron chi connectivity index (χ0n) is 60.2. The van der Waals surface area contributed by atoms with Gasteiger partial charge in [-0.15, -0.1) is 0 Å². The highest BCUT2D eigenvalue weighted by atomic mass is 31.2. The molecule has 0 amide bonds. The second-order valence-corrected chi connectivity index (χ2v) is 30.7. The molecule has 0 bridgehead atoms. The van der Waals surface area contributed by atoms with E-state index in [0.29, 0.717) is 25.7 Å². The number of unbranched alkanes of at least 4 members (excludes halogenated alkanes) is 34. The summed E-state index contributed by atoms with van der Waals surface area (Å²) in [5.41, 5.74) is 0. The van der Waals surface area contributed by atoms with Crippen LogP contribution in [0.3, 0.4) is 0 Å². The van der Waals surface area contributed by atoms with Crippen molar-refractivity contribution in [1.29, 1.82) is 0 Å². The van der Waals surface area contributed by atoms with Crippen LogP contribution in [0.4, 0.5) is 0 Å². The van der Waals surface area contributed by atoms with Gasteiger partial charge in [-0.05, 0) is 49.4 Å². The molecule has 0 aliphatic carbocycles. The fourth-order valence-electron chi connectivity index (χ4n) is 11.0. The van der Waals surface area contributed by atoms with Gasteiger partial charge in [-0.2, -0.15) is 0 Å². The van der Waals surface area contributed by atoms with Crippen LogP contribution in [0, 0.1) is 23.7 Å². The smallest absolute Gasteiger partial charge is 0.462 e. The summed E-state index contributed by atoms with van der Waals surface area (Å²) >= 11 is 0. The van der Waals surface area contributed by atoms with Crippen LogP contribution in [0.5, 0.6) is 0 Å². The van der Waals surface area contributed by atoms with Crippen molar-refractivity contribution < 1.29 is 80.2 Å². The van der Waals surface area contributed by atoms with Gasteiger partial charge in [0, 0.05) is 25.7 Å². The molecule has 4 unspecified atom stereocenters. The number of rotatable bonds is 70. The maximum atomic E-state index is 13.1. The molecule has 0 heterocycles. The summed E-state index contributed by atoms with van der Waals surface area (Å²) < 4.78 is 68.4. The zero-order chi connectivity index (χ0) is 68.2. The third-order valence-corrected chi connectivity index (χ3v) is 19.4. The third-order valence-electron chi connectivity index (χ3n) is 17.5. The van der Waals surface area contributed by atoms with Crippen molar-refractivity contribution in [2.45, 2.75) is 382 Å². The first kappa shape index (κ1) is 90.1. The molecule has 7 atom stereocenters. The van der Waals surface area contributed by atoms with Gasteiger partial charge in [-0.3, -0.25) is 37.3 Å². The van der Waals surface area contributed by atoms with Crippen molar-refractivity contribution in [3.8, 4) is 0 Å². The quantitative estimate of drug-likeness (QED) is 0.0222. The third kappa shape index (κ3) is 64.1. The summed E-state index contributed by atoms with van der Waals surface area (Å²) in [6.45, 7) is 14.1. The Kier molecular flexibility index (Phi) is 61.3. The predicted molar refractivity (Wildman–Crippen MR) is 372 cm³/mol. The highest BCUT2D eigenvalue weighted by molar-refractivity contribution is 7.47. The van der Waals surface area contributed by atoms with E-state index < -0.39 is 97.5 Å². The Morgan fingerprint density at radius 1 is 0.304 bits per heavy atom. The van der Waals surface area contributed by atoms with Gasteiger partial charge in [-0.1, -0.05) is 312 Å². The lowest BCUT2D eigenvalue weighted by Crippen LogP contribution is -2.30. The average Bonchev–Trinajstić information content (AvgIpc) is 2.35. The Bertz CT molecular complexity index is 1820. The van der Waals surface area contributed by atoms with Crippen LogP contribution in [-0.2, 0) is 65.4 Å². The Hall–Kier alpha value is -1.94. The number of carbonyl (C=O) groups is 4. The molecule has 19 heteroatoms. The molecular formula is C73H142O17P2.